The smallest absolute Gasteiger partial charge is 0.420 e. The average molecular weight is 364 g/mol. The van der Waals surface area contributed by atoms with Crippen molar-refractivity contribution in [2.45, 2.75) is 6.54 Å². The fourth-order valence-corrected chi connectivity index (χ4v) is 2.48. The van der Waals surface area contributed by atoms with E-state index in [1.54, 1.807) is 48.5 Å². The summed E-state index contributed by atoms with van der Waals surface area (Å²) < 4.78 is 5.36. The van der Waals surface area contributed by atoms with Crippen molar-refractivity contribution in [2.24, 2.45) is 0 Å². The maximum Gasteiger partial charge on any atom is 0.420 e. The highest BCUT2D eigenvalue weighted by Crippen LogP contribution is 2.24. The van der Waals surface area contributed by atoms with Crippen LogP contribution in [0.1, 0.15) is 5.56 Å². The molecular formula is C20H16N2O5. The Bertz CT molecular complexity index is 942. The molecular weight excluding hydrogens is 348 g/mol. The largest absolute Gasteiger partial charge is 0.508 e. The van der Waals surface area contributed by atoms with Gasteiger partial charge in [-0.2, -0.15) is 0 Å². The van der Waals surface area contributed by atoms with E-state index < -0.39 is 11.0 Å². The maximum absolute atomic E-state index is 12.7. The van der Waals surface area contributed by atoms with Gasteiger partial charge in [0.25, 0.3) is 5.69 Å². The second-order valence-electron chi connectivity index (χ2n) is 5.67. The lowest BCUT2D eigenvalue weighted by atomic mass is 10.2. The van der Waals surface area contributed by atoms with Crippen LogP contribution in [0.2, 0.25) is 0 Å². The Hall–Kier alpha value is -3.87. The summed E-state index contributed by atoms with van der Waals surface area (Å²) in [5.41, 5.74) is 1.05. The summed E-state index contributed by atoms with van der Waals surface area (Å²) in [6, 6.07) is 20.8. The number of hydrogen-bond acceptors (Lipinski definition) is 5. The van der Waals surface area contributed by atoms with Gasteiger partial charge in [0.15, 0.2) is 0 Å². The molecule has 0 atom stereocenters. The van der Waals surface area contributed by atoms with Gasteiger partial charge >= 0.3 is 6.09 Å². The highest BCUT2D eigenvalue weighted by atomic mass is 16.6. The number of carbonyl (C=O) groups excluding carboxylic acids is 1. The Morgan fingerprint density at radius 2 is 1.59 bits per heavy atom. The molecule has 0 aliphatic heterocycles. The van der Waals surface area contributed by atoms with Crippen molar-refractivity contribution >= 4 is 17.5 Å². The van der Waals surface area contributed by atoms with Gasteiger partial charge in [0, 0.05) is 23.4 Å². The lowest BCUT2D eigenvalue weighted by Gasteiger charge is -2.22. The zero-order chi connectivity index (χ0) is 19.2. The lowest BCUT2D eigenvalue weighted by molar-refractivity contribution is -0.384. The monoisotopic (exact) mass is 364 g/mol. The molecule has 0 aliphatic carbocycles. The fraction of sp³-hybridized carbons (Fsp3) is 0.0500. The standard InChI is InChI=1S/C20H16N2O5/c23-19-9-5-4-6-15(19)14-21(16-7-2-1-3-8-16)20(24)27-18-12-10-17(11-13-18)22(25)26/h1-13,23H,14H2. The molecule has 7 nitrogen and oxygen atoms in total. The summed E-state index contributed by atoms with van der Waals surface area (Å²) in [4.78, 5) is 24.3. The van der Waals surface area contributed by atoms with Gasteiger partial charge in [-0.3, -0.25) is 15.0 Å². The van der Waals surface area contributed by atoms with Crippen molar-refractivity contribution < 1.29 is 19.6 Å². The number of aromatic hydroxyl groups is 1. The Kier molecular flexibility index (Phi) is 5.32. The zero-order valence-electron chi connectivity index (χ0n) is 14.2. The van der Waals surface area contributed by atoms with Gasteiger partial charge in [0.2, 0.25) is 0 Å². The number of carbonyl (C=O) groups is 1. The van der Waals surface area contributed by atoms with E-state index in [2.05, 4.69) is 0 Å². The molecule has 1 amide bonds. The highest BCUT2D eigenvalue weighted by molar-refractivity contribution is 5.89. The first kappa shape index (κ1) is 17.9. The number of benzene rings is 3. The van der Waals surface area contributed by atoms with Crippen molar-refractivity contribution in [2.75, 3.05) is 4.90 Å². The molecule has 0 aliphatic rings. The number of phenols is 1. The second kappa shape index (κ2) is 8.01. The van der Waals surface area contributed by atoms with Gasteiger partial charge in [-0.15, -0.1) is 0 Å². The van der Waals surface area contributed by atoms with Crippen molar-refractivity contribution in [3.05, 3.63) is 94.5 Å². The number of amides is 1. The number of nitro groups is 1. The van der Waals surface area contributed by atoms with E-state index in [1.807, 2.05) is 6.07 Å². The van der Waals surface area contributed by atoms with E-state index in [0.717, 1.165) is 0 Å². The molecule has 0 bridgehead atoms. The van der Waals surface area contributed by atoms with Gasteiger partial charge in [0.05, 0.1) is 11.5 Å². The van der Waals surface area contributed by atoms with Crippen molar-refractivity contribution in [1.29, 1.82) is 0 Å². The molecule has 27 heavy (non-hydrogen) atoms. The highest BCUT2D eigenvalue weighted by Gasteiger charge is 2.20. The third kappa shape index (κ3) is 4.40. The van der Waals surface area contributed by atoms with Crippen LogP contribution in [0, 0.1) is 10.1 Å². The number of nitrogens with zero attached hydrogens (tertiary/aromatic N) is 2. The Labute approximate surface area is 155 Å². The first-order valence-corrected chi connectivity index (χ1v) is 8.10. The van der Waals surface area contributed by atoms with Crippen LogP contribution in [0.3, 0.4) is 0 Å². The van der Waals surface area contributed by atoms with Gasteiger partial charge in [-0.05, 0) is 30.3 Å². The quantitative estimate of drug-likeness (QED) is 0.531. The fourth-order valence-electron chi connectivity index (χ4n) is 2.48. The molecule has 3 aromatic carbocycles. The zero-order valence-corrected chi connectivity index (χ0v) is 14.2. The van der Waals surface area contributed by atoms with Gasteiger partial charge in [0.1, 0.15) is 11.5 Å². The number of rotatable bonds is 5. The van der Waals surface area contributed by atoms with Crippen molar-refractivity contribution in [1.82, 2.24) is 0 Å². The van der Waals surface area contributed by atoms with E-state index in [9.17, 15) is 20.0 Å². The average Bonchev–Trinajstić information content (AvgIpc) is 2.68. The molecule has 0 unspecified atom stereocenters. The molecule has 0 saturated heterocycles. The van der Waals surface area contributed by atoms with Gasteiger partial charge in [-0.25, -0.2) is 4.79 Å². The van der Waals surface area contributed by atoms with Crippen molar-refractivity contribution in [3.8, 4) is 11.5 Å². The third-order valence-electron chi connectivity index (χ3n) is 3.86. The minimum absolute atomic E-state index is 0.0709. The van der Waals surface area contributed by atoms with E-state index in [1.165, 1.54) is 29.2 Å². The number of non-ortho nitro benzene ring substituents is 1. The van der Waals surface area contributed by atoms with Gasteiger partial charge < -0.3 is 9.84 Å². The van der Waals surface area contributed by atoms with Crippen LogP contribution in [-0.2, 0) is 6.54 Å². The predicted molar refractivity (Wildman–Crippen MR) is 99.9 cm³/mol. The first-order valence-electron chi connectivity index (χ1n) is 8.10. The topological polar surface area (TPSA) is 92.9 Å². The molecule has 0 saturated carbocycles. The second-order valence-corrected chi connectivity index (χ2v) is 5.67. The molecule has 3 rings (SSSR count). The lowest BCUT2D eigenvalue weighted by Crippen LogP contribution is -2.33. The normalized spacial score (nSPS) is 10.2. The van der Waals surface area contributed by atoms with Crippen LogP contribution in [0.5, 0.6) is 11.5 Å². The molecule has 7 heteroatoms. The van der Waals surface area contributed by atoms with Crippen LogP contribution >= 0.6 is 0 Å². The summed E-state index contributed by atoms with van der Waals surface area (Å²) in [5.74, 6) is 0.255. The summed E-state index contributed by atoms with van der Waals surface area (Å²) in [5, 5.41) is 20.7. The number of phenolic OH excluding ortho intramolecular Hbond substituents is 1. The SMILES string of the molecule is O=C(Oc1ccc([N+](=O)[O-])cc1)N(Cc1ccccc1O)c1ccccc1. The third-order valence-corrected chi connectivity index (χ3v) is 3.86. The summed E-state index contributed by atoms with van der Waals surface area (Å²) >= 11 is 0. The van der Waals surface area contributed by atoms with Crippen molar-refractivity contribution in [3.63, 3.8) is 0 Å². The summed E-state index contributed by atoms with van der Waals surface area (Å²) in [7, 11) is 0. The molecule has 0 heterocycles. The number of ether oxygens (including phenoxy) is 1. The molecule has 3 aromatic rings. The van der Waals surface area contributed by atoms with Crippen LogP contribution in [0.4, 0.5) is 16.2 Å². The Balaban J connectivity index is 1.84. The molecule has 0 aromatic heterocycles. The van der Waals surface area contributed by atoms with Crippen LogP contribution in [0.15, 0.2) is 78.9 Å². The molecule has 0 radical (unpaired) electrons. The first-order chi connectivity index (χ1) is 13.0. The molecule has 1 N–H and O–H groups in total. The molecule has 0 spiro atoms. The number of anilines is 1. The van der Waals surface area contributed by atoms with Crippen LogP contribution < -0.4 is 9.64 Å². The Morgan fingerprint density at radius 3 is 2.22 bits per heavy atom. The minimum Gasteiger partial charge on any atom is -0.508 e. The number of hydrogen-bond donors (Lipinski definition) is 1. The summed E-state index contributed by atoms with van der Waals surface area (Å²) in [6.07, 6.45) is -0.668. The molecule has 0 fully saturated rings. The summed E-state index contributed by atoms with van der Waals surface area (Å²) in [6.45, 7) is 0.0997. The molecule has 136 valence electrons. The Morgan fingerprint density at radius 1 is 0.963 bits per heavy atom. The van der Waals surface area contributed by atoms with Crippen LogP contribution in [0.25, 0.3) is 0 Å². The van der Waals surface area contributed by atoms with E-state index >= 15 is 0 Å². The number of nitro benzene ring substituents is 1. The van der Waals surface area contributed by atoms with Crippen LogP contribution in [-0.4, -0.2) is 16.1 Å². The van der Waals surface area contributed by atoms with E-state index in [4.69, 9.17) is 4.74 Å². The van der Waals surface area contributed by atoms with E-state index in [0.29, 0.717) is 11.3 Å². The maximum atomic E-state index is 12.7. The number of para-hydroxylation sites is 2. The van der Waals surface area contributed by atoms with Gasteiger partial charge in [-0.1, -0.05) is 36.4 Å². The predicted octanol–water partition coefficient (Wildman–Crippen LogP) is 4.51. The minimum atomic E-state index is -0.668. The van der Waals surface area contributed by atoms with E-state index in [-0.39, 0.29) is 23.7 Å².